The highest BCUT2D eigenvalue weighted by Crippen LogP contribution is 2.20. The first-order chi connectivity index (χ1) is 7.50. The zero-order valence-electron chi connectivity index (χ0n) is 9.84. The summed E-state index contributed by atoms with van der Waals surface area (Å²) in [7, 11) is 0. The van der Waals surface area contributed by atoms with Crippen molar-refractivity contribution in [3.05, 3.63) is 34.1 Å². The molecule has 16 heavy (non-hydrogen) atoms. The predicted octanol–water partition coefficient (Wildman–Crippen LogP) is 3.89. The first-order valence-corrected chi connectivity index (χ1v) is 6.49. The van der Waals surface area contributed by atoms with Crippen molar-refractivity contribution >= 4 is 15.9 Å². The second-order valence-electron chi connectivity index (χ2n) is 4.54. The molecule has 0 amide bonds. The Kier molecular flexibility index (Phi) is 5.42. The fourth-order valence-corrected chi connectivity index (χ4v) is 2.04. The topological polar surface area (TPSA) is 26.0 Å². The third-order valence-electron chi connectivity index (χ3n) is 2.85. The van der Waals surface area contributed by atoms with Crippen LogP contribution in [-0.2, 0) is 6.42 Å². The van der Waals surface area contributed by atoms with Crippen LogP contribution in [0.3, 0.4) is 0 Å². The summed E-state index contributed by atoms with van der Waals surface area (Å²) in [6.07, 6.45) is 2.86. The van der Waals surface area contributed by atoms with Gasteiger partial charge in [-0.05, 0) is 48.9 Å². The molecule has 0 aliphatic carbocycles. The Morgan fingerprint density at radius 3 is 2.69 bits per heavy atom. The predicted molar refractivity (Wildman–Crippen MR) is 69.9 cm³/mol. The standard InChI is InChI=1S/C13H19BrFN/c1-9(2)13(16)5-3-4-10-8-11(15)6-7-12(10)14/h6-9,13H,3-5,16H2,1-2H3. The van der Waals surface area contributed by atoms with Gasteiger partial charge in [0.1, 0.15) is 5.82 Å². The molecule has 1 nitrogen and oxygen atoms in total. The molecule has 1 aromatic rings. The lowest BCUT2D eigenvalue weighted by atomic mass is 9.98. The lowest BCUT2D eigenvalue weighted by Gasteiger charge is -2.15. The van der Waals surface area contributed by atoms with E-state index in [0.717, 1.165) is 29.3 Å². The minimum Gasteiger partial charge on any atom is -0.327 e. The lowest BCUT2D eigenvalue weighted by molar-refractivity contribution is 0.452. The Hall–Kier alpha value is -0.410. The van der Waals surface area contributed by atoms with Crippen LogP contribution in [0.1, 0.15) is 32.3 Å². The SMILES string of the molecule is CC(C)C(N)CCCc1cc(F)ccc1Br. The van der Waals surface area contributed by atoms with Crippen molar-refractivity contribution in [1.82, 2.24) is 0 Å². The van der Waals surface area contributed by atoms with Crippen LogP contribution < -0.4 is 5.73 Å². The van der Waals surface area contributed by atoms with E-state index in [-0.39, 0.29) is 11.9 Å². The maximum Gasteiger partial charge on any atom is 0.123 e. The summed E-state index contributed by atoms with van der Waals surface area (Å²) >= 11 is 3.43. The fraction of sp³-hybridized carbons (Fsp3) is 0.538. The van der Waals surface area contributed by atoms with Gasteiger partial charge in [0, 0.05) is 10.5 Å². The minimum absolute atomic E-state index is 0.175. The third kappa shape index (κ3) is 4.22. The van der Waals surface area contributed by atoms with E-state index in [4.69, 9.17) is 5.73 Å². The van der Waals surface area contributed by atoms with Gasteiger partial charge in [-0.2, -0.15) is 0 Å². The number of benzene rings is 1. The summed E-state index contributed by atoms with van der Waals surface area (Å²) in [6.45, 7) is 4.26. The van der Waals surface area contributed by atoms with Crippen molar-refractivity contribution < 1.29 is 4.39 Å². The Labute approximate surface area is 105 Å². The highest BCUT2D eigenvalue weighted by molar-refractivity contribution is 9.10. The summed E-state index contributed by atoms with van der Waals surface area (Å²) in [5, 5.41) is 0. The van der Waals surface area contributed by atoms with E-state index in [1.54, 1.807) is 12.1 Å². The fourth-order valence-electron chi connectivity index (χ4n) is 1.60. The van der Waals surface area contributed by atoms with Crippen LogP contribution in [-0.4, -0.2) is 6.04 Å². The van der Waals surface area contributed by atoms with Crippen LogP contribution >= 0.6 is 15.9 Å². The van der Waals surface area contributed by atoms with Gasteiger partial charge < -0.3 is 5.73 Å². The van der Waals surface area contributed by atoms with E-state index in [1.165, 1.54) is 6.07 Å². The van der Waals surface area contributed by atoms with E-state index in [0.29, 0.717) is 5.92 Å². The van der Waals surface area contributed by atoms with E-state index in [2.05, 4.69) is 29.8 Å². The molecule has 0 bridgehead atoms. The molecular formula is C13H19BrFN. The zero-order valence-corrected chi connectivity index (χ0v) is 11.4. The summed E-state index contributed by atoms with van der Waals surface area (Å²) in [6, 6.07) is 5.05. The molecule has 0 radical (unpaired) electrons. The van der Waals surface area contributed by atoms with Crippen LogP contribution in [0.5, 0.6) is 0 Å². The average Bonchev–Trinajstić information content (AvgIpc) is 2.22. The van der Waals surface area contributed by atoms with Crippen LogP contribution in [0, 0.1) is 11.7 Å². The molecule has 0 spiro atoms. The molecule has 2 N–H and O–H groups in total. The highest BCUT2D eigenvalue weighted by atomic mass is 79.9. The van der Waals surface area contributed by atoms with E-state index in [1.807, 2.05) is 0 Å². The molecule has 3 heteroatoms. The molecular weight excluding hydrogens is 269 g/mol. The van der Waals surface area contributed by atoms with Crippen molar-refractivity contribution in [2.24, 2.45) is 11.7 Å². The first kappa shape index (κ1) is 13.7. The molecule has 0 saturated carbocycles. The van der Waals surface area contributed by atoms with Gasteiger partial charge in [0.15, 0.2) is 0 Å². The van der Waals surface area contributed by atoms with Crippen LogP contribution in [0.15, 0.2) is 22.7 Å². The largest absolute Gasteiger partial charge is 0.327 e. The number of nitrogens with two attached hydrogens (primary N) is 1. The van der Waals surface area contributed by atoms with Crippen molar-refractivity contribution in [1.29, 1.82) is 0 Å². The van der Waals surface area contributed by atoms with Crippen LogP contribution in [0.25, 0.3) is 0 Å². The van der Waals surface area contributed by atoms with E-state index >= 15 is 0 Å². The maximum absolute atomic E-state index is 13.0. The molecule has 0 saturated heterocycles. The second kappa shape index (κ2) is 6.36. The molecule has 0 fully saturated rings. The molecule has 0 aliphatic rings. The molecule has 0 aromatic heterocycles. The van der Waals surface area contributed by atoms with Gasteiger partial charge in [-0.1, -0.05) is 29.8 Å². The number of rotatable bonds is 5. The van der Waals surface area contributed by atoms with E-state index < -0.39 is 0 Å². The maximum atomic E-state index is 13.0. The quantitative estimate of drug-likeness (QED) is 0.874. The lowest BCUT2D eigenvalue weighted by Crippen LogP contribution is -2.26. The van der Waals surface area contributed by atoms with Crippen LogP contribution in [0.2, 0.25) is 0 Å². The Balaban J connectivity index is 2.45. The smallest absolute Gasteiger partial charge is 0.123 e. The number of aryl methyl sites for hydroxylation is 1. The minimum atomic E-state index is -0.175. The summed E-state index contributed by atoms with van der Waals surface area (Å²) in [5.74, 6) is 0.335. The normalized spacial score (nSPS) is 13.1. The summed E-state index contributed by atoms with van der Waals surface area (Å²) in [5.41, 5.74) is 6.99. The van der Waals surface area contributed by atoms with Gasteiger partial charge in [0.2, 0.25) is 0 Å². The molecule has 0 heterocycles. The number of halogens is 2. The van der Waals surface area contributed by atoms with Gasteiger partial charge in [-0.3, -0.25) is 0 Å². The van der Waals surface area contributed by atoms with Gasteiger partial charge in [-0.15, -0.1) is 0 Å². The average molecular weight is 288 g/mol. The number of hydrogen-bond acceptors (Lipinski definition) is 1. The summed E-state index contributed by atoms with van der Waals surface area (Å²) in [4.78, 5) is 0. The van der Waals surface area contributed by atoms with Crippen molar-refractivity contribution in [3.8, 4) is 0 Å². The van der Waals surface area contributed by atoms with Crippen LogP contribution in [0.4, 0.5) is 4.39 Å². The van der Waals surface area contributed by atoms with Crippen molar-refractivity contribution in [3.63, 3.8) is 0 Å². The van der Waals surface area contributed by atoms with Crippen molar-refractivity contribution in [2.45, 2.75) is 39.2 Å². The van der Waals surface area contributed by atoms with Gasteiger partial charge in [-0.25, -0.2) is 4.39 Å². The summed E-state index contributed by atoms with van der Waals surface area (Å²) < 4.78 is 14.0. The molecule has 90 valence electrons. The Bertz CT molecular complexity index is 339. The third-order valence-corrected chi connectivity index (χ3v) is 3.62. The second-order valence-corrected chi connectivity index (χ2v) is 5.39. The molecule has 0 aliphatic heterocycles. The van der Waals surface area contributed by atoms with Gasteiger partial charge >= 0.3 is 0 Å². The Morgan fingerprint density at radius 1 is 1.38 bits per heavy atom. The highest BCUT2D eigenvalue weighted by Gasteiger charge is 2.08. The molecule has 1 aromatic carbocycles. The Morgan fingerprint density at radius 2 is 2.06 bits per heavy atom. The monoisotopic (exact) mass is 287 g/mol. The van der Waals surface area contributed by atoms with Crippen molar-refractivity contribution in [2.75, 3.05) is 0 Å². The van der Waals surface area contributed by atoms with Gasteiger partial charge in [0.25, 0.3) is 0 Å². The molecule has 1 atom stereocenters. The van der Waals surface area contributed by atoms with Gasteiger partial charge in [0.05, 0.1) is 0 Å². The molecule has 1 unspecified atom stereocenters. The number of hydrogen-bond donors (Lipinski definition) is 1. The first-order valence-electron chi connectivity index (χ1n) is 5.70. The van der Waals surface area contributed by atoms with E-state index in [9.17, 15) is 4.39 Å². The molecule has 1 rings (SSSR count). The zero-order chi connectivity index (χ0) is 12.1.